The van der Waals surface area contributed by atoms with Gasteiger partial charge in [-0.2, -0.15) is 0 Å². The standard InChI is InChI=1S/C23H15BrFNO.C15H13FO.C9H5Br2N/c1-12-9-16-14-7-8-19(25)13(2)22(14)27-23(16)17(10-12)21-11-18(24)15-5-3-4-6-20(15)26-21;1-8-6-9(2)14-12(7-8)11-4-5-13(16)10(3)15(11)17-14;10-7-5-9(11)12-8-4-2-1-3-6(7)8/h3-11H,1-2H3;4-7H,1-3H3;1-5H. The van der Waals surface area contributed by atoms with Gasteiger partial charge < -0.3 is 8.83 Å². The number of nitrogens with zero attached hydrogens (tertiary/aromatic N) is 2. The Morgan fingerprint density at radius 2 is 0.964 bits per heavy atom. The second kappa shape index (κ2) is 15.2. The van der Waals surface area contributed by atoms with E-state index in [1.54, 1.807) is 26.0 Å². The lowest BCUT2D eigenvalue weighted by Crippen LogP contribution is -1.88. The van der Waals surface area contributed by atoms with Gasteiger partial charge in [0.15, 0.2) is 0 Å². The molecule has 0 amide bonds. The second-order valence-corrected chi connectivity index (χ2v) is 16.4. The summed E-state index contributed by atoms with van der Waals surface area (Å²) in [5.41, 5.74) is 11.0. The number of rotatable bonds is 1. The number of aryl methyl sites for hydroxylation is 5. The Bertz CT molecular complexity index is 3170. The van der Waals surface area contributed by atoms with Crippen LogP contribution in [0.4, 0.5) is 8.78 Å². The van der Waals surface area contributed by atoms with Gasteiger partial charge in [0.2, 0.25) is 0 Å². The maximum absolute atomic E-state index is 14.0. The minimum atomic E-state index is -0.258. The summed E-state index contributed by atoms with van der Waals surface area (Å²) in [4.78, 5) is 9.17. The van der Waals surface area contributed by atoms with Crippen molar-refractivity contribution >= 4 is 113 Å². The summed E-state index contributed by atoms with van der Waals surface area (Å²) in [7, 11) is 0. The normalized spacial score (nSPS) is 11.4. The van der Waals surface area contributed by atoms with Gasteiger partial charge >= 0.3 is 0 Å². The highest BCUT2D eigenvalue weighted by Crippen LogP contribution is 2.40. The Kier molecular flexibility index (Phi) is 10.3. The SMILES string of the molecule is Brc1cc(Br)c2ccccc2n1.Cc1cc(-c2cc(Br)c3ccccc3n2)c2oc3c(C)c(F)ccc3c2c1.Cc1cc(C)c2oc3c(C)c(F)ccc3c2c1. The average Bonchev–Trinajstić information content (AvgIpc) is 3.74. The van der Waals surface area contributed by atoms with Crippen molar-refractivity contribution in [1.82, 2.24) is 9.97 Å². The van der Waals surface area contributed by atoms with E-state index in [1.165, 1.54) is 17.7 Å². The highest BCUT2D eigenvalue weighted by atomic mass is 79.9. The number of fused-ring (bicyclic) bond motifs is 8. The molecule has 10 aromatic rings. The van der Waals surface area contributed by atoms with Crippen LogP contribution in [0.3, 0.4) is 0 Å². The van der Waals surface area contributed by atoms with Gasteiger partial charge in [-0.15, -0.1) is 0 Å². The van der Waals surface area contributed by atoms with Crippen LogP contribution in [0.15, 0.2) is 132 Å². The number of pyridine rings is 2. The summed E-state index contributed by atoms with van der Waals surface area (Å²) >= 11 is 10.5. The summed E-state index contributed by atoms with van der Waals surface area (Å²) in [5.74, 6) is -0.475. The third kappa shape index (κ3) is 7.01. The molecule has 0 aliphatic carbocycles. The van der Waals surface area contributed by atoms with Crippen LogP contribution < -0.4 is 0 Å². The summed E-state index contributed by atoms with van der Waals surface area (Å²) < 4.78 is 42.4. The minimum absolute atomic E-state index is 0.217. The van der Waals surface area contributed by atoms with Gasteiger partial charge in [-0.3, -0.25) is 0 Å². The van der Waals surface area contributed by atoms with E-state index < -0.39 is 0 Å². The zero-order valence-electron chi connectivity index (χ0n) is 31.0. The van der Waals surface area contributed by atoms with Crippen molar-refractivity contribution in [3.8, 4) is 11.3 Å². The lowest BCUT2D eigenvalue weighted by Gasteiger charge is -2.07. The van der Waals surface area contributed by atoms with Crippen LogP contribution in [0.2, 0.25) is 0 Å². The molecule has 4 nitrogen and oxygen atoms in total. The number of para-hydroxylation sites is 2. The van der Waals surface area contributed by atoms with Crippen molar-refractivity contribution in [3.05, 3.63) is 162 Å². The van der Waals surface area contributed by atoms with E-state index in [-0.39, 0.29) is 11.6 Å². The number of aromatic nitrogens is 2. The van der Waals surface area contributed by atoms with E-state index in [9.17, 15) is 8.78 Å². The summed E-state index contributed by atoms with van der Waals surface area (Å²) in [5, 5.41) is 6.17. The average molecular weight is 936 g/mol. The topological polar surface area (TPSA) is 52.1 Å². The van der Waals surface area contributed by atoms with Crippen molar-refractivity contribution < 1.29 is 17.6 Å². The lowest BCUT2D eigenvalue weighted by molar-refractivity contribution is 0.607. The van der Waals surface area contributed by atoms with E-state index >= 15 is 0 Å². The van der Waals surface area contributed by atoms with Gasteiger partial charge in [0.1, 0.15) is 38.6 Å². The predicted octanol–water partition coefficient (Wildman–Crippen LogP) is 15.7. The van der Waals surface area contributed by atoms with E-state index in [0.717, 1.165) is 90.4 Å². The Morgan fingerprint density at radius 1 is 0.464 bits per heavy atom. The molecule has 56 heavy (non-hydrogen) atoms. The van der Waals surface area contributed by atoms with Crippen molar-refractivity contribution in [2.45, 2.75) is 34.6 Å². The first kappa shape index (κ1) is 37.9. The first-order valence-electron chi connectivity index (χ1n) is 17.8. The zero-order chi connectivity index (χ0) is 39.4. The molecule has 278 valence electrons. The highest BCUT2D eigenvalue weighted by Gasteiger charge is 2.18. The van der Waals surface area contributed by atoms with E-state index in [1.807, 2.05) is 74.5 Å². The number of hydrogen-bond donors (Lipinski definition) is 0. The monoisotopic (exact) mass is 932 g/mol. The molecule has 4 aromatic heterocycles. The maximum Gasteiger partial charge on any atom is 0.144 e. The van der Waals surface area contributed by atoms with Crippen LogP contribution in [-0.2, 0) is 0 Å². The molecule has 0 saturated heterocycles. The zero-order valence-corrected chi connectivity index (χ0v) is 35.8. The largest absolute Gasteiger partial charge is 0.455 e. The van der Waals surface area contributed by atoms with Crippen LogP contribution in [-0.4, -0.2) is 9.97 Å². The van der Waals surface area contributed by atoms with Gasteiger partial charge in [-0.05, 0) is 150 Å². The first-order valence-corrected chi connectivity index (χ1v) is 20.2. The summed E-state index contributed by atoms with van der Waals surface area (Å²) in [6.07, 6.45) is 0. The Morgan fingerprint density at radius 3 is 1.57 bits per heavy atom. The Labute approximate surface area is 346 Å². The molecule has 6 aromatic carbocycles. The first-order chi connectivity index (χ1) is 26.9. The van der Waals surface area contributed by atoms with Gasteiger partial charge in [0, 0.05) is 58.0 Å². The molecule has 0 unspecified atom stereocenters. The molecule has 4 heterocycles. The number of halogens is 5. The van der Waals surface area contributed by atoms with Gasteiger partial charge in [0.25, 0.3) is 0 Å². The third-order valence-electron chi connectivity index (χ3n) is 9.90. The van der Waals surface area contributed by atoms with Crippen LogP contribution in [0.25, 0.3) is 76.9 Å². The number of hydrogen-bond acceptors (Lipinski definition) is 4. The third-order valence-corrected chi connectivity index (χ3v) is 11.6. The molecule has 0 aliphatic rings. The molecule has 0 N–H and O–H groups in total. The molecule has 0 aliphatic heterocycles. The molecule has 0 atom stereocenters. The minimum Gasteiger partial charge on any atom is -0.455 e. The number of benzene rings is 6. The van der Waals surface area contributed by atoms with Crippen molar-refractivity contribution in [2.24, 2.45) is 0 Å². The summed E-state index contributed by atoms with van der Waals surface area (Å²) in [6.45, 7) is 9.62. The molecule has 0 saturated carbocycles. The molecule has 9 heteroatoms. The van der Waals surface area contributed by atoms with Crippen LogP contribution >= 0.6 is 47.8 Å². The molecule has 0 radical (unpaired) electrons. The van der Waals surface area contributed by atoms with Crippen LogP contribution in [0, 0.1) is 46.3 Å². The van der Waals surface area contributed by atoms with Gasteiger partial charge in [0.05, 0.1) is 16.7 Å². The quantitative estimate of drug-likeness (QED) is 0.154. The van der Waals surface area contributed by atoms with Crippen molar-refractivity contribution in [3.63, 3.8) is 0 Å². The van der Waals surface area contributed by atoms with Crippen LogP contribution in [0.5, 0.6) is 0 Å². The van der Waals surface area contributed by atoms with E-state index in [2.05, 4.69) is 84.0 Å². The molecule has 10 rings (SSSR count). The van der Waals surface area contributed by atoms with E-state index in [4.69, 9.17) is 13.8 Å². The van der Waals surface area contributed by atoms with Gasteiger partial charge in [-0.25, -0.2) is 18.7 Å². The second-order valence-electron chi connectivity index (χ2n) is 13.9. The molecule has 0 bridgehead atoms. The summed E-state index contributed by atoms with van der Waals surface area (Å²) in [6, 6.07) is 34.9. The fourth-order valence-corrected chi connectivity index (χ4v) is 9.00. The van der Waals surface area contributed by atoms with E-state index in [0.29, 0.717) is 22.3 Å². The molecule has 0 spiro atoms. The fraction of sp³-hybridized carbons (Fsp3) is 0.106. The van der Waals surface area contributed by atoms with Crippen molar-refractivity contribution in [1.29, 1.82) is 0 Å². The van der Waals surface area contributed by atoms with Crippen molar-refractivity contribution in [2.75, 3.05) is 0 Å². The number of furan rings is 2. The smallest absolute Gasteiger partial charge is 0.144 e. The predicted molar refractivity (Wildman–Crippen MR) is 237 cm³/mol. The van der Waals surface area contributed by atoms with Gasteiger partial charge in [-0.1, -0.05) is 58.4 Å². The fourth-order valence-electron chi connectivity index (χ4n) is 7.16. The molecular formula is C47H33Br3F2N2O2. The maximum atomic E-state index is 14.0. The Hall–Kier alpha value is -4.96. The molecular weight excluding hydrogens is 902 g/mol. The molecule has 0 fully saturated rings. The van der Waals surface area contributed by atoms with Crippen LogP contribution in [0.1, 0.15) is 27.8 Å². The lowest BCUT2D eigenvalue weighted by atomic mass is 10.0. The highest BCUT2D eigenvalue weighted by molar-refractivity contribution is 9.11. The Balaban J connectivity index is 0.000000130.